The molecule has 2 atom stereocenters. The SMILES string of the molecule is CNS(=O)(=O)c1cc(NC(=O)COC(=O)C2C[C@H]3CCC[C@H](C2)C3=O)ccc1C. The summed E-state index contributed by atoms with van der Waals surface area (Å²) in [4.78, 5) is 36.7. The maximum atomic E-state index is 12.4. The molecule has 0 radical (unpaired) electrons. The van der Waals surface area contributed by atoms with E-state index in [1.807, 2.05) is 0 Å². The van der Waals surface area contributed by atoms with Crippen LogP contribution < -0.4 is 10.0 Å². The Balaban J connectivity index is 1.56. The van der Waals surface area contributed by atoms with Crippen molar-refractivity contribution in [2.24, 2.45) is 17.8 Å². The molecule has 0 aliphatic heterocycles. The van der Waals surface area contributed by atoms with Crippen LogP contribution >= 0.6 is 0 Å². The molecule has 2 aliphatic carbocycles. The molecule has 0 spiro atoms. The van der Waals surface area contributed by atoms with Crippen molar-refractivity contribution in [3.05, 3.63) is 23.8 Å². The molecule has 0 heterocycles. The average molecular weight is 423 g/mol. The second kappa shape index (κ2) is 8.62. The molecule has 0 saturated heterocycles. The molecule has 0 aromatic heterocycles. The Morgan fingerprint density at radius 2 is 1.83 bits per heavy atom. The molecule has 2 N–H and O–H groups in total. The number of fused-ring (bicyclic) bond motifs is 2. The van der Waals surface area contributed by atoms with Crippen LogP contribution in [0, 0.1) is 24.7 Å². The van der Waals surface area contributed by atoms with Gasteiger partial charge in [0.1, 0.15) is 5.78 Å². The molecule has 1 aromatic carbocycles. The van der Waals surface area contributed by atoms with Gasteiger partial charge in [-0.05, 0) is 57.4 Å². The number of nitrogens with one attached hydrogen (secondary N) is 2. The summed E-state index contributed by atoms with van der Waals surface area (Å²) < 4.78 is 31.5. The summed E-state index contributed by atoms with van der Waals surface area (Å²) in [6.45, 7) is 1.20. The molecule has 1 aromatic rings. The van der Waals surface area contributed by atoms with Gasteiger partial charge in [0.2, 0.25) is 10.0 Å². The lowest BCUT2D eigenvalue weighted by molar-refractivity contribution is -0.155. The van der Waals surface area contributed by atoms with E-state index in [2.05, 4.69) is 10.0 Å². The largest absolute Gasteiger partial charge is 0.455 e. The first kappa shape index (κ1) is 21.4. The third kappa shape index (κ3) is 4.84. The summed E-state index contributed by atoms with van der Waals surface area (Å²) in [6.07, 6.45) is 3.67. The van der Waals surface area contributed by atoms with E-state index in [1.165, 1.54) is 13.1 Å². The summed E-state index contributed by atoms with van der Waals surface area (Å²) in [5.41, 5.74) is 0.837. The molecule has 158 valence electrons. The van der Waals surface area contributed by atoms with Crippen LogP contribution in [0.4, 0.5) is 5.69 Å². The predicted octanol–water partition coefficient (Wildman–Crippen LogP) is 1.78. The number of aryl methyl sites for hydroxylation is 1. The van der Waals surface area contributed by atoms with Crippen molar-refractivity contribution in [1.29, 1.82) is 0 Å². The van der Waals surface area contributed by atoms with E-state index < -0.39 is 28.5 Å². The van der Waals surface area contributed by atoms with Gasteiger partial charge in [0.25, 0.3) is 5.91 Å². The number of ether oxygens (including phenoxy) is 1. The van der Waals surface area contributed by atoms with E-state index >= 15 is 0 Å². The molecule has 1 amide bonds. The van der Waals surface area contributed by atoms with Crippen LogP contribution in [-0.4, -0.2) is 39.7 Å². The molecule has 9 heteroatoms. The van der Waals surface area contributed by atoms with Crippen molar-refractivity contribution in [2.75, 3.05) is 19.0 Å². The van der Waals surface area contributed by atoms with Crippen LogP contribution in [0.25, 0.3) is 0 Å². The second-order valence-electron chi connectivity index (χ2n) is 7.74. The highest BCUT2D eigenvalue weighted by Crippen LogP contribution is 2.40. The van der Waals surface area contributed by atoms with Gasteiger partial charge in [-0.2, -0.15) is 0 Å². The van der Waals surface area contributed by atoms with Gasteiger partial charge >= 0.3 is 5.97 Å². The maximum Gasteiger partial charge on any atom is 0.309 e. The Morgan fingerprint density at radius 1 is 1.17 bits per heavy atom. The Hall–Kier alpha value is -2.26. The minimum Gasteiger partial charge on any atom is -0.455 e. The average Bonchev–Trinajstić information content (AvgIpc) is 2.67. The number of carbonyl (C=O) groups excluding carboxylic acids is 3. The molecule has 2 fully saturated rings. The van der Waals surface area contributed by atoms with Gasteiger partial charge in [-0.1, -0.05) is 12.5 Å². The van der Waals surface area contributed by atoms with Gasteiger partial charge < -0.3 is 10.1 Å². The predicted molar refractivity (Wildman–Crippen MR) is 106 cm³/mol. The topological polar surface area (TPSA) is 119 Å². The van der Waals surface area contributed by atoms with Crippen LogP contribution in [0.1, 0.15) is 37.7 Å². The second-order valence-corrected chi connectivity index (χ2v) is 9.59. The van der Waals surface area contributed by atoms with Crippen molar-refractivity contribution in [3.8, 4) is 0 Å². The van der Waals surface area contributed by atoms with Crippen molar-refractivity contribution in [2.45, 2.75) is 43.9 Å². The minimum atomic E-state index is -3.65. The first-order valence-corrected chi connectivity index (χ1v) is 11.2. The summed E-state index contributed by atoms with van der Waals surface area (Å²) in [7, 11) is -2.34. The Morgan fingerprint density at radius 3 is 2.45 bits per heavy atom. The fraction of sp³-hybridized carbons (Fsp3) is 0.550. The smallest absolute Gasteiger partial charge is 0.309 e. The zero-order valence-electron chi connectivity index (χ0n) is 16.6. The van der Waals surface area contributed by atoms with E-state index in [4.69, 9.17) is 4.74 Å². The molecule has 29 heavy (non-hydrogen) atoms. The number of hydrogen-bond acceptors (Lipinski definition) is 6. The lowest BCUT2D eigenvalue weighted by atomic mass is 9.67. The molecule has 3 rings (SSSR count). The molecule has 2 aliphatic rings. The fourth-order valence-corrected chi connectivity index (χ4v) is 5.19. The van der Waals surface area contributed by atoms with E-state index in [0.717, 1.165) is 19.3 Å². The van der Waals surface area contributed by atoms with Crippen LogP contribution in [-0.2, 0) is 29.1 Å². The molecular formula is C20H26N2O6S. The standard InChI is InChI=1S/C20H26N2O6S/c1-12-6-7-16(10-17(12)29(26,27)21-2)22-18(23)11-28-20(25)15-8-13-4-3-5-14(9-15)19(13)24/h6-7,10,13-15,21H,3-5,8-9,11H2,1-2H3,(H,22,23)/t13-,14-/m1/s1. The van der Waals surface area contributed by atoms with Gasteiger partial charge in [-0.3, -0.25) is 14.4 Å². The van der Waals surface area contributed by atoms with Crippen LogP contribution in [0.3, 0.4) is 0 Å². The van der Waals surface area contributed by atoms with Crippen LogP contribution in [0.2, 0.25) is 0 Å². The van der Waals surface area contributed by atoms with E-state index in [1.54, 1.807) is 19.1 Å². The number of rotatable bonds is 6. The normalized spacial score (nSPS) is 24.1. The highest BCUT2D eigenvalue weighted by atomic mass is 32.2. The third-order valence-corrected chi connectivity index (χ3v) is 7.31. The lowest BCUT2D eigenvalue weighted by Crippen LogP contribution is -2.40. The van der Waals surface area contributed by atoms with Crippen molar-refractivity contribution in [1.82, 2.24) is 4.72 Å². The van der Waals surface area contributed by atoms with Crippen LogP contribution in [0.15, 0.2) is 23.1 Å². The van der Waals surface area contributed by atoms with Crippen molar-refractivity contribution >= 4 is 33.4 Å². The van der Waals surface area contributed by atoms with Gasteiger partial charge in [-0.15, -0.1) is 0 Å². The highest BCUT2D eigenvalue weighted by Gasteiger charge is 2.41. The van der Waals surface area contributed by atoms with Crippen molar-refractivity contribution < 1.29 is 27.5 Å². The number of Topliss-reactive ketones (excluding diaryl/α,β-unsaturated/α-hetero) is 1. The molecule has 0 unspecified atom stereocenters. The number of ketones is 1. The number of sulfonamides is 1. The zero-order chi connectivity index (χ0) is 21.2. The number of carbonyl (C=O) groups is 3. The Kier molecular flexibility index (Phi) is 6.38. The summed E-state index contributed by atoms with van der Waals surface area (Å²) in [5, 5.41) is 2.55. The molecule has 2 bridgehead atoms. The summed E-state index contributed by atoms with van der Waals surface area (Å²) in [6, 6.07) is 4.52. The van der Waals surface area contributed by atoms with E-state index in [-0.39, 0.29) is 28.4 Å². The summed E-state index contributed by atoms with van der Waals surface area (Å²) >= 11 is 0. The van der Waals surface area contributed by atoms with Gasteiger partial charge in [0.05, 0.1) is 10.8 Å². The Bertz CT molecular complexity index is 911. The zero-order valence-corrected chi connectivity index (χ0v) is 17.4. The minimum absolute atomic E-state index is 0.0611. The van der Waals surface area contributed by atoms with Gasteiger partial charge in [0.15, 0.2) is 6.61 Å². The number of amides is 1. The molecule has 8 nitrogen and oxygen atoms in total. The number of anilines is 1. The summed E-state index contributed by atoms with van der Waals surface area (Å²) in [5.74, 6) is -1.20. The lowest BCUT2D eigenvalue weighted by Gasteiger charge is -2.36. The van der Waals surface area contributed by atoms with Gasteiger partial charge in [0, 0.05) is 17.5 Å². The third-order valence-electron chi connectivity index (χ3n) is 5.76. The number of hydrogen-bond donors (Lipinski definition) is 2. The first-order valence-electron chi connectivity index (χ1n) is 9.75. The van der Waals surface area contributed by atoms with Crippen molar-refractivity contribution in [3.63, 3.8) is 0 Å². The quantitative estimate of drug-likeness (QED) is 0.675. The Labute approximate surface area is 170 Å². The fourth-order valence-electron chi connectivity index (χ4n) is 4.20. The number of benzene rings is 1. The van der Waals surface area contributed by atoms with E-state index in [9.17, 15) is 22.8 Å². The monoisotopic (exact) mass is 422 g/mol. The number of esters is 1. The van der Waals surface area contributed by atoms with E-state index in [0.29, 0.717) is 24.1 Å². The first-order chi connectivity index (χ1) is 13.7. The van der Waals surface area contributed by atoms with Gasteiger partial charge in [-0.25, -0.2) is 13.1 Å². The molecule has 2 saturated carbocycles. The van der Waals surface area contributed by atoms with Crippen LogP contribution in [0.5, 0.6) is 0 Å². The highest BCUT2D eigenvalue weighted by molar-refractivity contribution is 7.89. The maximum absolute atomic E-state index is 12.4. The molecular weight excluding hydrogens is 396 g/mol.